The summed E-state index contributed by atoms with van der Waals surface area (Å²) in [4.78, 5) is 14.1. The van der Waals surface area contributed by atoms with Gasteiger partial charge >= 0.3 is 0 Å². The van der Waals surface area contributed by atoms with Crippen LogP contribution < -0.4 is 0 Å². The van der Waals surface area contributed by atoms with E-state index in [9.17, 15) is 4.79 Å². The third-order valence-corrected chi connectivity index (χ3v) is 2.96. The maximum Gasteiger partial charge on any atom is 0.252 e. The number of hydrogen-bond donors (Lipinski definition) is 0. The van der Waals surface area contributed by atoms with Gasteiger partial charge < -0.3 is 9.64 Å². The fraction of sp³-hybridized carbons (Fsp3) is 0.909. The molecule has 3 heteroatoms. The van der Waals surface area contributed by atoms with Crippen LogP contribution in [0.1, 0.15) is 39.5 Å². The summed E-state index contributed by atoms with van der Waals surface area (Å²) in [7, 11) is 0. The summed E-state index contributed by atoms with van der Waals surface area (Å²) < 4.78 is 5.43. The molecule has 1 aliphatic heterocycles. The van der Waals surface area contributed by atoms with Gasteiger partial charge in [0.05, 0.1) is 0 Å². The van der Waals surface area contributed by atoms with E-state index >= 15 is 0 Å². The summed E-state index contributed by atoms with van der Waals surface area (Å²) in [6.45, 7) is 4.93. The number of carbonyl (C=O) groups is 1. The third-order valence-electron chi connectivity index (χ3n) is 2.96. The van der Waals surface area contributed by atoms with Crippen LogP contribution in [0, 0.1) is 0 Å². The van der Waals surface area contributed by atoms with Crippen LogP contribution in [0.25, 0.3) is 0 Å². The van der Waals surface area contributed by atoms with Gasteiger partial charge in [0.2, 0.25) is 0 Å². The molecule has 3 nitrogen and oxygen atoms in total. The highest BCUT2D eigenvalue weighted by atomic mass is 16.5. The monoisotopic (exact) mass is 197 g/mol. The van der Waals surface area contributed by atoms with Gasteiger partial charge in [-0.25, -0.2) is 0 Å². The summed E-state index contributed by atoms with van der Waals surface area (Å²) in [6, 6.07) is 0.825. The number of rotatable bonds is 3. The topological polar surface area (TPSA) is 29.5 Å². The standard InChI is InChI=1S/C11H19NO2/c1-8(2)12(9-5-6-9)11(13)10-4-3-7-14-10/h8-10H,3-7H2,1-2H3. The Bertz CT molecular complexity index is 215. The molecule has 0 bridgehead atoms. The molecule has 1 aliphatic carbocycles. The van der Waals surface area contributed by atoms with Crippen molar-refractivity contribution in [2.24, 2.45) is 0 Å². The Labute approximate surface area is 85.4 Å². The van der Waals surface area contributed by atoms with Crippen LogP contribution >= 0.6 is 0 Å². The first kappa shape index (κ1) is 9.97. The van der Waals surface area contributed by atoms with E-state index in [1.165, 1.54) is 12.8 Å². The van der Waals surface area contributed by atoms with Crippen molar-refractivity contribution < 1.29 is 9.53 Å². The van der Waals surface area contributed by atoms with Crippen molar-refractivity contribution in [3.05, 3.63) is 0 Å². The first-order chi connectivity index (χ1) is 6.70. The van der Waals surface area contributed by atoms with E-state index < -0.39 is 0 Å². The molecule has 1 saturated heterocycles. The van der Waals surface area contributed by atoms with E-state index in [1.54, 1.807) is 0 Å². The normalized spacial score (nSPS) is 26.9. The second kappa shape index (κ2) is 3.89. The van der Waals surface area contributed by atoms with Crippen molar-refractivity contribution >= 4 is 5.91 Å². The lowest BCUT2D eigenvalue weighted by atomic mass is 10.2. The molecule has 1 amide bonds. The number of carbonyl (C=O) groups excluding carboxylic acids is 1. The molecule has 0 spiro atoms. The van der Waals surface area contributed by atoms with Crippen LogP contribution in [-0.2, 0) is 9.53 Å². The Kier molecular flexibility index (Phi) is 2.77. The van der Waals surface area contributed by atoms with Crippen molar-refractivity contribution in [3.63, 3.8) is 0 Å². The average Bonchev–Trinajstić information content (AvgIpc) is 2.82. The van der Waals surface area contributed by atoms with Crippen molar-refractivity contribution in [1.82, 2.24) is 4.90 Å². The lowest BCUT2D eigenvalue weighted by Gasteiger charge is -2.28. The fourth-order valence-electron chi connectivity index (χ4n) is 2.15. The van der Waals surface area contributed by atoms with E-state index in [4.69, 9.17) is 4.74 Å². The van der Waals surface area contributed by atoms with Crippen LogP contribution in [0.3, 0.4) is 0 Å². The minimum Gasteiger partial charge on any atom is -0.368 e. The molecule has 1 atom stereocenters. The predicted octanol–water partition coefficient (Wildman–Crippen LogP) is 1.56. The van der Waals surface area contributed by atoms with Gasteiger partial charge in [-0.05, 0) is 39.5 Å². The van der Waals surface area contributed by atoms with Gasteiger partial charge in [0.15, 0.2) is 0 Å². The maximum atomic E-state index is 12.1. The van der Waals surface area contributed by atoms with Crippen LogP contribution in [-0.4, -0.2) is 35.6 Å². The first-order valence-corrected chi connectivity index (χ1v) is 5.64. The smallest absolute Gasteiger partial charge is 0.252 e. The van der Waals surface area contributed by atoms with Gasteiger partial charge in [0.25, 0.3) is 5.91 Å². The van der Waals surface area contributed by atoms with E-state index in [0.29, 0.717) is 12.1 Å². The molecule has 0 aromatic carbocycles. The van der Waals surface area contributed by atoms with E-state index in [1.807, 2.05) is 4.90 Å². The molecule has 1 unspecified atom stereocenters. The van der Waals surface area contributed by atoms with Crippen LogP contribution in [0.2, 0.25) is 0 Å². The Hall–Kier alpha value is -0.570. The van der Waals surface area contributed by atoms with Gasteiger partial charge in [-0.3, -0.25) is 4.79 Å². The van der Waals surface area contributed by atoms with Gasteiger partial charge in [0, 0.05) is 18.7 Å². The molecule has 0 N–H and O–H groups in total. The zero-order valence-corrected chi connectivity index (χ0v) is 9.03. The summed E-state index contributed by atoms with van der Waals surface area (Å²) in [5, 5.41) is 0. The van der Waals surface area contributed by atoms with Crippen LogP contribution in [0.5, 0.6) is 0 Å². The Morgan fingerprint density at radius 2 is 2.07 bits per heavy atom. The summed E-state index contributed by atoms with van der Waals surface area (Å²) in [5.41, 5.74) is 0. The fourth-order valence-corrected chi connectivity index (χ4v) is 2.15. The van der Waals surface area contributed by atoms with Gasteiger partial charge in [-0.15, -0.1) is 0 Å². The second-order valence-electron chi connectivity index (χ2n) is 4.57. The molecule has 2 aliphatic rings. The lowest BCUT2D eigenvalue weighted by molar-refractivity contribution is -0.143. The molecule has 2 rings (SSSR count). The van der Waals surface area contributed by atoms with Gasteiger partial charge in [-0.1, -0.05) is 0 Å². The Morgan fingerprint density at radius 3 is 2.50 bits per heavy atom. The van der Waals surface area contributed by atoms with Crippen molar-refractivity contribution in [2.45, 2.75) is 57.7 Å². The highest BCUT2D eigenvalue weighted by Gasteiger charge is 2.38. The highest BCUT2D eigenvalue weighted by molar-refractivity contribution is 5.82. The average molecular weight is 197 g/mol. The quantitative estimate of drug-likeness (QED) is 0.687. The van der Waals surface area contributed by atoms with Crippen LogP contribution in [0.15, 0.2) is 0 Å². The number of ether oxygens (including phenoxy) is 1. The second-order valence-corrected chi connectivity index (χ2v) is 4.57. The molecule has 1 saturated carbocycles. The maximum absolute atomic E-state index is 12.1. The van der Waals surface area contributed by atoms with Crippen molar-refractivity contribution in [1.29, 1.82) is 0 Å². The Balaban J connectivity index is 1.98. The highest BCUT2D eigenvalue weighted by Crippen LogP contribution is 2.30. The molecular formula is C11H19NO2. The van der Waals surface area contributed by atoms with Gasteiger partial charge in [0.1, 0.15) is 6.10 Å². The number of amides is 1. The molecule has 14 heavy (non-hydrogen) atoms. The van der Waals surface area contributed by atoms with E-state index in [-0.39, 0.29) is 12.0 Å². The summed E-state index contributed by atoms with van der Waals surface area (Å²) in [5.74, 6) is 0.222. The minimum atomic E-state index is -0.141. The number of nitrogens with zero attached hydrogens (tertiary/aromatic N) is 1. The van der Waals surface area contributed by atoms with Crippen molar-refractivity contribution in [2.75, 3.05) is 6.61 Å². The van der Waals surface area contributed by atoms with Crippen molar-refractivity contribution in [3.8, 4) is 0 Å². The summed E-state index contributed by atoms with van der Waals surface area (Å²) in [6.07, 6.45) is 4.16. The lowest BCUT2D eigenvalue weighted by Crippen LogP contribution is -2.44. The largest absolute Gasteiger partial charge is 0.368 e. The molecule has 0 radical (unpaired) electrons. The zero-order valence-electron chi connectivity index (χ0n) is 9.03. The van der Waals surface area contributed by atoms with Crippen LogP contribution in [0.4, 0.5) is 0 Å². The molecular weight excluding hydrogens is 178 g/mol. The SMILES string of the molecule is CC(C)N(C(=O)C1CCCO1)C1CC1. The van der Waals surface area contributed by atoms with E-state index in [0.717, 1.165) is 19.4 Å². The molecule has 80 valence electrons. The first-order valence-electron chi connectivity index (χ1n) is 5.64. The Morgan fingerprint density at radius 1 is 1.36 bits per heavy atom. The third kappa shape index (κ3) is 1.92. The van der Waals surface area contributed by atoms with Gasteiger partial charge in [-0.2, -0.15) is 0 Å². The minimum absolute atomic E-state index is 0.141. The zero-order chi connectivity index (χ0) is 10.1. The predicted molar refractivity (Wildman–Crippen MR) is 54.0 cm³/mol. The van der Waals surface area contributed by atoms with E-state index in [2.05, 4.69) is 13.8 Å². The summed E-state index contributed by atoms with van der Waals surface area (Å²) >= 11 is 0. The molecule has 0 aromatic heterocycles. The number of hydrogen-bond acceptors (Lipinski definition) is 2. The molecule has 1 heterocycles. The molecule has 0 aromatic rings. The molecule has 2 fully saturated rings.